The molecule has 0 radical (unpaired) electrons. The van der Waals surface area contributed by atoms with Crippen molar-refractivity contribution in [3.05, 3.63) is 69.7 Å². The fraction of sp³-hybridized carbons (Fsp3) is 0.0500. The fourth-order valence-corrected chi connectivity index (χ4v) is 4.28. The second kappa shape index (κ2) is 6.47. The number of hydrogen-bond donors (Lipinski definition) is 1. The third kappa shape index (κ3) is 2.85. The zero-order chi connectivity index (χ0) is 19.3. The first-order valence-corrected chi connectivity index (χ1v) is 9.68. The van der Waals surface area contributed by atoms with E-state index in [0.29, 0.717) is 22.2 Å². The van der Waals surface area contributed by atoms with Crippen molar-refractivity contribution in [2.24, 2.45) is 0 Å². The van der Waals surface area contributed by atoms with E-state index in [-0.39, 0.29) is 10.9 Å². The molecule has 0 aliphatic carbocycles. The summed E-state index contributed by atoms with van der Waals surface area (Å²) < 4.78 is 1.05. The standard InChI is InChI=1S/C20H12ClN5OS/c1-10-8-11(9-15(21)23-10)16-18(20-24-12-4-2-3-5-14(12)28-20)26-19-17(25-16)13(27)6-7-22-19/h2-9H,1H3,(H,22,26,27). The van der Waals surface area contributed by atoms with E-state index in [1.54, 1.807) is 12.3 Å². The number of aromatic nitrogens is 5. The molecule has 0 fully saturated rings. The zero-order valence-electron chi connectivity index (χ0n) is 14.6. The smallest absolute Gasteiger partial charge is 0.209 e. The molecule has 4 heterocycles. The highest BCUT2D eigenvalue weighted by molar-refractivity contribution is 7.21. The Morgan fingerprint density at radius 2 is 1.86 bits per heavy atom. The van der Waals surface area contributed by atoms with Gasteiger partial charge in [0.05, 0.1) is 10.2 Å². The van der Waals surface area contributed by atoms with Gasteiger partial charge in [-0.1, -0.05) is 23.7 Å². The minimum absolute atomic E-state index is 0.199. The van der Waals surface area contributed by atoms with Gasteiger partial charge in [0.2, 0.25) is 5.43 Å². The van der Waals surface area contributed by atoms with Gasteiger partial charge in [-0.25, -0.2) is 19.9 Å². The summed E-state index contributed by atoms with van der Waals surface area (Å²) in [6.45, 7) is 1.86. The molecular formula is C20H12ClN5OS. The number of para-hydroxylation sites is 1. The number of aromatic amines is 1. The van der Waals surface area contributed by atoms with Crippen LogP contribution in [0.1, 0.15) is 5.69 Å². The van der Waals surface area contributed by atoms with Gasteiger partial charge in [-0.2, -0.15) is 0 Å². The number of thiazole rings is 1. The maximum Gasteiger partial charge on any atom is 0.209 e. The van der Waals surface area contributed by atoms with Gasteiger partial charge in [0.15, 0.2) is 11.2 Å². The Hall–Kier alpha value is -3.16. The summed E-state index contributed by atoms with van der Waals surface area (Å²) in [6.07, 6.45) is 1.56. The summed E-state index contributed by atoms with van der Waals surface area (Å²) in [5, 5.41) is 1.08. The SMILES string of the molecule is Cc1cc(-c2nc3c(=O)cc[nH]c3nc2-c2nc3ccccc3s2)cc(Cl)n1. The van der Waals surface area contributed by atoms with Crippen molar-refractivity contribution in [1.29, 1.82) is 0 Å². The molecule has 0 aliphatic heterocycles. The molecule has 5 aromatic rings. The fourth-order valence-electron chi connectivity index (χ4n) is 3.07. The number of nitrogens with zero attached hydrogens (tertiary/aromatic N) is 4. The third-order valence-corrected chi connectivity index (χ3v) is 5.51. The highest BCUT2D eigenvalue weighted by atomic mass is 35.5. The van der Waals surface area contributed by atoms with E-state index in [2.05, 4.69) is 15.0 Å². The van der Waals surface area contributed by atoms with Gasteiger partial charge in [-0.05, 0) is 31.2 Å². The second-order valence-corrected chi connectivity index (χ2v) is 7.68. The predicted octanol–water partition coefficient (Wildman–Crippen LogP) is 4.62. The Morgan fingerprint density at radius 3 is 2.68 bits per heavy atom. The summed E-state index contributed by atoms with van der Waals surface area (Å²) in [4.78, 5) is 33.6. The van der Waals surface area contributed by atoms with Crippen LogP contribution in [0.15, 0.2) is 53.5 Å². The average Bonchev–Trinajstić information content (AvgIpc) is 3.11. The van der Waals surface area contributed by atoms with Crippen LogP contribution < -0.4 is 5.43 Å². The van der Waals surface area contributed by atoms with Crippen molar-refractivity contribution in [2.75, 3.05) is 0 Å². The van der Waals surface area contributed by atoms with E-state index < -0.39 is 0 Å². The van der Waals surface area contributed by atoms with Crippen molar-refractivity contribution >= 4 is 44.3 Å². The molecule has 0 amide bonds. The normalized spacial score (nSPS) is 11.4. The molecule has 1 aromatic carbocycles. The molecule has 0 atom stereocenters. The molecule has 6 nitrogen and oxygen atoms in total. The molecule has 0 unspecified atom stereocenters. The Labute approximate surface area is 167 Å². The lowest BCUT2D eigenvalue weighted by Gasteiger charge is -2.09. The summed E-state index contributed by atoms with van der Waals surface area (Å²) in [5.41, 5.74) is 4.02. The van der Waals surface area contributed by atoms with Crippen LogP contribution in [0.3, 0.4) is 0 Å². The molecular weight excluding hydrogens is 394 g/mol. The number of halogens is 1. The van der Waals surface area contributed by atoms with Crippen LogP contribution in [-0.4, -0.2) is 24.9 Å². The molecule has 0 spiro atoms. The maximum atomic E-state index is 12.3. The average molecular weight is 406 g/mol. The van der Waals surface area contributed by atoms with Gasteiger partial charge >= 0.3 is 0 Å². The first-order valence-electron chi connectivity index (χ1n) is 8.48. The van der Waals surface area contributed by atoms with E-state index in [1.807, 2.05) is 37.3 Å². The highest BCUT2D eigenvalue weighted by Gasteiger charge is 2.19. The van der Waals surface area contributed by atoms with E-state index in [9.17, 15) is 4.79 Å². The van der Waals surface area contributed by atoms with E-state index in [0.717, 1.165) is 26.5 Å². The summed E-state index contributed by atoms with van der Waals surface area (Å²) >= 11 is 7.70. The minimum atomic E-state index is -0.199. The lowest BCUT2D eigenvalue weighted by molar-refractivity contribution is 1.18. The number of rotatable bonds is 2. The molecule has 0 aliphatic rings. The lowest BCUT2D eigenvalue weighted by atomic mass is 10.1. The van der Waals surface area contributed by atoms with Crippen molar-refractivity contribution in [2.45, 2.75) is 6.92 Å². The van der Waals surface area contributed by atoms with Crippen LogP contribution in [0.2, 0.25) is 5.15 Å². The minimum Gasteiger partial charge on any atom is -0.345 e. The molecule has 0 saturated heterocycles. The van der Waals surface area contributed by atoms with Crippen LogP contribution in [0.4, 0.5) is 0 Å². The van der Waals surface area contributed by atoms with Gasteiger partial charge in [-0.3, -0.25) is 4.79 Å². The molecule has 0 bridgehead atoms. The van der Waals surface area contributed by atoms with Crippen molar-refractivity contribution in [3.8, 4) is 22.0 Å². The number of aryl methyl sites for hydroxylation is 1. The van der Waals surface area contributed by atoms with E-state index in [4.69, 9.17) is 21.6 Å². The van der Waals surface area contributed by atoms with Crippen molar-refractivity contribution < 1.29 is 0 Å². The number of pyridine rings is 2. The van der Waals surface area contributed by atoms with Gasteiger partial charge < -0.3 is 4.98 Å². The Balaban J connectivity index is 1.87. The van der Waals surface area contributed by atoms with Gasteiger partial charge in [0.1, 0.15) is 21.5 Å². The zero-order valence-corrected chi connectivity index (χ0v) is 16.2. The molecule has 1 N–H and O–H groups in total. The van der Waals surface area contributed by atoms with Crippen molar-refractivity contribution in [3.63, 3.8) is 0 Å². The molecule has 5 rings (SSSR count). The number of hydrogen-bond acceptors (Lipinski definition) is 6. The monoisotopic (exact) mass is 405 g/mol. The molecule has 136 valence electrons. The first-order chi connectivity index (χ1) is 13.6. The summed E-state index contributed by atoms with van der Waals surface area (Å²) in [7, 11) is 0. The van der Waals surface area contributed by atoms with Crippen LogP contribution in [0, 0.1) is 6.92 Å². The molecule has 0 saturated carbocycles. The number of benzene rings is 1. The highest BCUT2D eigenvalue weighted by Crippen LogP contribution is 2.35. The second-order valence-electron chi connectivity index (χ2n) is 6.27. The first kappa shape index (κ1) is 17.0. The molecule has 8 heteroatoms. The van der Waals surface area contributed by atoms with Crippen LogP contribution >= 0.6 is 22.9 Å². The van der Waals surface area contributed by atoms with Crippen LogP contribution in [0.25, 0.3) is 43.3 Å². The third-order valence-electron chi connectivity index (χ3n) is 4.28. The van der Waals surface area contributed by atoms with E-state index >= 15 is 0 Å². The van der Waals surface area contributed by atoms with Crippen LogP contribution in [-0.2, 0) is 0 Å². The van der Waals surface area contributed by atoms with E-state index in [1.165, 1.54) is 17.4 Å². The van der Waals surface area contributed by atoms with Gasteiger partial charge in [0.25, 0.3) is 0 Å². The Kier molecular flexibility index (Phi) is 3.92. The van der Waals surface area contributed by atoms with Crippen LogP contribution in [0.5, 0.6) is 0 Å². The lowest BCUT2D eigenvalue weighted by Crippen LogP contribution is -2.06. The van der Waals surface area contributed by atoms with Crippen molar-refractivity contribution in [1.82, 2.24) is 24.9 Å². The number of fused-ring (bicyclic) bond motifs is 2. The molecule has 28 heavy (non-hydrogen) atoms. The Morgan fingerprint density at radius 1 is 1.00 bits per heavy atom. The summed E-state index contributed by atoms with van der Waals surface area (Å²) in [6, 6.07) is 12.9. The predicted molar refractivity (Wildman–Crippen MR) is 112 cm³/mol. The molecule has 4 aromatic heterocycles. The van der Waals surface area contributed by atoms with Gasteiger partial charge in [0, 0.05) is 23.5 Å². The number of nitrogens with one attached hydrogen (secondary N) is 1. The summed E-state index contributed by atoms with van der Waals surface area (Å²) in [5.74, 6) is 0. The quantitative estimate of drug-likeness (QED) is 0.433. The Bertz CT molecular complexity index is 1370. The maximum absolute atomic E-state index is 12.3. The largest absolute Gasteiger partial charge is 0.345 e. The number of H-pyrrole nitrogens is 1. The van der Waals surface area contributed by atoms with Gasteiger partial charge in [-0.15, -0.1) is 11.3 Å². The topological polar surface area (TPSA) is 84.4 Å².